The third-order valence-corrected chi connectivity index (χ3v) is 6.69. The summed E-state index contributed by atoms with van der Waals surface area (Å²) >= 11 is 0. The van der Waals surface area contributed by atoms with Crippen molar-refractivity contribution in [2.45, 2.75) is 50.6 Å². The first-order chi connectivity index (χ1) is 18.3. The van der Waals surface area contributed by atoms with Gasteiger partial charge in [0, 0.05) is 34.8 Å². The average Bonchev–Trinajstić information content (AvgIpc) is 2.92. The van der Waals surface area contributed by atoms with E-state index in [1.807, 2.05) is 0 Å². The predicted octanol–water partition coefficient (Wildman–Crippen LogP) is 6.01. The molecule has 0 saturated heterocycles. The van der Waals surface area contributed by atoms with Gasteiger partial charge in [0.05, 0.1) is 18.8 Å². The maximum Gasteiger partial charge on any atom is 0.416 e. The Hall–Kier alpha value is -3.92. The molecule has 0 unspecified atom stereocenters. The van der Waals surface area contributed by atoms with Crippen molar-refractivity contribution in [2.75, 3.05) is 12.4 Å². The van der Waals surface area contributed by atoms with Crippen molar-refractivity contribution in [3.05, 3.63) is 72.1 Å². The summed E-state index contributed by atoms with van der Waals surface area (Å²) in [6.45, 7) is 0.0505. The molecule has 7 nitrogen and oxygen atoms in total. The molecule has 0 radical (unpaired) electrons. The number of halogens is 3. The van der Waals surface area contributed by atoms with Crippen molar-refractivity contribution in [3.8, 4) is 22.8 Å². The molecular formula is C28H27F3N4O3. The first-order valence-electron chi connectivity index (χ1n) is 12.3. The highest BCUT2D eigenvalue weighted by molar-refractivity contribution is 6.00. The fourth-order valence-corrected chi connectivity index (χ4v) is 4.69. The summed E-state index contributed by atoms with van der Waals surface area (Å²) in [4.78, 5) is 4.23. The lowest BCUT2D eigenvalue weighted by atomic mass is 9.93. The van der Waals surface area contributed by atoms with Crippen molar-refractivity contribution >= 4 is 16.6 Å². The van der Waals surface area contributed by atoms with Gasteiger partial charge in [-0.25, -0.2) is 0 Å². The zero-order valence-corrected chi connectivity index (χ0v) is 20.7. The smallest absolute Gasteiger partial charge is 0.416 e. The molecule has 1 aliphatic carbocycles. The van der Waals surface area contributed by atoms with E-state index >= 15 is 0 Å². The molecule has 0 aliphatic heterocycles. The van der Waals surface area contributed by atoms with Crippen LogP contribution in [0.5, 0.6) is 11.5 Å². The normalized spacial score (nSPS) is 17.8. The quantitative estimate of drug-likeness (QED) is 0.306. The Balaban J connectivity index is 1.52. The standard InChI is InChI=1S/C28H27F3N4O3/c1-37-21-8-5-17(6-9-21)16-38-25-13-18(28(29,30)31)7-10-23(25)26-22-11-12-32-15-24(22)27(35-34-26)33-19-3-2-4-20(36)14-19/h5-13,15,19-20,36H,2-4,14,16H2,1H3,(H,33,35)/t19-,20+/m1/s1. The van der Waals surface area contributed by atoms with Crippen LogP contribution in [0.15, 0.2) is 60.9 Å². The number of anilines is 1. The van der Waals surface area contributed by atoms with Crippen molar-refractivity contribution < 1.29 is 27.8 Å². The van der Waals surface area contributed by atoms with Gasteiger partial charge in [-0.1, -0.05) is 12.1 Å². The number of pyridine rings is 1. The summed E-state index contributed by atoms with van der Waals surface area (Å²) in [7, 11) is 1.56. The highest BCUT2D eigenvalue weighted by Gasteiger charge is 2.32. The summed E-state index contributed by atoms with van der Waals surface area (Å²) < 4.78 is 51.8. The number of alkyl halides is 3. The van der Waals surface area contributed by atoms with Gasteiger partial charge >= 0.3 is 6.18 Å². The van der Waals surface area contributed by atoms with E-state index in [1.165, 1.54) is 6.07 Å². The van der Waals surface area contributed by atoms with Gasteiger partial charge in [0.25, 0.3) is 0 Å². The number of rotatable bonds is 7. The van der Waals surface area contributed by atoms with E-state index in [4.69, 9.17) is 9.47 Å². The summed E-state index contributed by atoms with van der Waals surface area (Å²) in [6, 6.07) is 12.3. The van der Waals surface area contributed by atoms with Crippen LogP contribution < -0.4 is 14.8 Å². The number of nitrogens with zero attached hydrogens (tertiary/aromatic N) is 3. The number of aliphatic hydroxyl groups is 1. The molecule has 0 spiro atoms. The molecule has 2 aromatic heterocycles. The van der Waals surface area contributed by atoms with E-state index in [1.54, 1.807) is 49.8 Å². The SMILES string of the molecule is COc1ccc(COc2cc(C(F)(F)F)ccc2-c2nnc(N[C@@H]3CCC[C@H](O)C3)c3cnccc23)cc1. The molecule has 198 valence electrons. The van der Waals surface area contributed by atoms with Gasteiger partial charge < -0.3 is 19.9 Å². The van der Waals surface area contributed by atoms with Gasteiger partial charge in [-0.3, -0.25) is 4.98 Å². The number of ether oxygens (including phenoxy) is 2. The summed E-state index contributed by atoms with van der Waals surface area (Å²) in [5.74, 6) is 1.23. The van der Waals surface area contributed by atoms with Crippen molar-refractivity contribution in [1.29, 1.82) is 0 Å². The second-order valence-electron chi connectivity index (χ2n) is 9.33. The van der Waals surface area contributed by atoms with Crippen molar-refractivity contribution in [1.82, 2.24) is 15.2 Å². The molecule has 38 heavy (non-hydrogen) atoms. The third kappa shape index (κ3) is 5.65. The van der Waals surface area contributed by atoms with Gasteiger partial charge in [-0.15, -0.1) is 10.2 Å². The second kappa shape index (κ2) is 10.8. The Morgan fingerprint density at radius 2 is 1.84 bits per heavy atom. The Bertz CT molecular complexity index is 1410. The summed E-state index contributed by atoms with van der Waals surface area (Å²) in [5, 5.41) is 23.6. The average molecular weight is 525 g/mol. The van der Waals surface area contributed by atoms with Gasteiger partial charge in [0.15, 0.2) is 5.82 Å². The summed E-state index contributed by atoms with van der Waals surface area (Å²) in [5.41, 5.74) is 0.715. The highest BCUT2D eigenvalue weighted by Crippen LogP contribution is 2.40. The number of methoxy groups -OCH3 is 1. The van der Waals surface area contributed by atoms with E-state index in [2.05, 4.69) is 20.5 Å². The lowest BCUT2D eigenvalue weighted by Crippen LogP contribution is -2.30. The van der Waals surface area contributed by atoms with Crippen LogP contribution in [0.3, 0.4) is 0 Å². The largest absolute Gasteiger partial charge is 0.497 e. The monoisotopic (exact) mass is 524 g/mol. The molecule has 1 aliphatic rings. The molecule has 0 bridgehead atoms. The number of nitrogens with one attached hydrogen (secondary N) is 1. The lowest BCUT2D eigenvalue weighted by Gasteiger charge is -2.27. The molecule has 1 saturated carbocycles. The second-order valence-corrected chi connectivity index (χ2v) is 9.33. The van der Waals surface area contributed by atoms with Gasteiger partial charge in [-0.2, -0.15) is 13.2 Å². The van der Waals surface area contributed by atoms with Crippen molar-refractivity contribution in [3.63, 3.8) is 0 Å². The van der Waals surface area contributed by atoms with Gasteiger partial charge in [-0.05, 0) is 67.6 Å². The van der Waals surface area contributed by atoms with Crippen molar-refractivity contribution in [2.24, 2.45) is 0 Å². The minimum atomic E-state index is -4.53. The van der Waals surface area contributed by atoms with Crippen LogP contribution in [-0.2, 0) is 12.8 Å². The molecule has 2 aromatic carbocycles. The maximum absolute atomic E-state index is 13.6. The summed E-state index contributed by atoms with van der Waals surface area (Å²) in [6.07, 6.45) is 1.53. The number of aliphatic hydroxyl groups excluding tert-OH is 1. The zero-order valence-electron chi connectivity index (χ0n) is 20.7. The minimum Gasteiger partial charge on any atom is -0.497 e. The molecule has 2 N–H and O–H groups in total. The van der Waals surface area contributed by atoms with Crippen LogP contribution in [0.1, 0.15) is 36.8 Å². The third-order valence-electron chi connectivity index (χ3n) is 6.69. The zero-order chi connectivity index (χ0) is 26.7. The number of hydrogen-bond acceptors (Lipinski definition) is 7. The fourth-order valence-electron chi connectivity index (χ4n) is 4.69. The van der Waals surface area contributed by atoms with E-state index in [-0.39, 0.29) is 24.5 Å². The molecule has 5 rings (SSSR count). The van der Waals surface area contributed by atoms with Gasteiger partial charge in [0.2, 0.25) is 0 Å². The predicted molar refractivity (Wildman–Crippen MR) is 137 cm³/mol. The number of hydrogen-bond donors (Lipinski definition) is 2. The molecule has 4 aromatic rings. The van der Waals surface area contributed by atoms with Crippen LogP contribution in [0.4, 0.5) is 19.0 Å². The Kier molecular flexibility index (Phi) is 7.33. The molecule has 0 amide bonds. The van der Waals surface area contributed by atoms with E-state index in [0.29, 0.717) is 40.0 Å². The van der Waals surface area contributed by atoms with Crippen LogP contribution >= 0.6 is 0 Å². The van der Waals surface area contributed by atoms with Crippen LogP contribution in [0.25, 0.3) is 22.0 Å². The Morgan fingerprint density at radius 3 is 2.58 bits per heavy atom. The van der Waals surface area contributed by atoms with E-state index in [0.717, 1.165) is 37.0 Å². The molecule has 2 heterocycles. The van der Waals surface area contributed by atoms with Gasteiger partial charge in [0.1, 0.15) is 23.8 Å². The highest BCUT2D eigenvalue weighted by atomic mass is 19.4. The Morgan fingerprint density at radius 1 is 1.03 bits per heavy atom. The molecular weight excluding hydrogens is 497 g/mol. The topological polar surface area (TPSA) is 89.4 Å². The molecule has 1 fully saturated rings. The first kappa shape index (κ1) is 25.7. The van der Waals surface area contributed by atoms with Crippen LogP contribution in [0, 0.1) is 0 Å². The number of aromatic nitrogens is 3. The van der Waals surface area contributed by atoms with Crippen LogP contribution in [-0.4, -0.2) is 39.5 Å². The number of fused-ring (bicyclic) bond motifs is 1. The van der Waals surface area contributed by atoms with E-state index in [9.17, 15) is 18.3 Å². The molecule has 2 atom stereocenters. The van der Waals surface area contributed by atoms with Crippen LogP contribution in [0.2, 0.25) is 0 Å². The minimum absolute atomic E-state index is 0.0387. The number of benzene rings is 2. The molecule has 10 heteroatoms. The lowest BCUT2D eigenvalue weighted by molar-refractivity contribution is -0.137. The fraction of sp³-hybridized carbons (Fsp3) is 0.321. The maximum atomic E-state index is 13.6. The first-order valence-corrected chi connectivity index (χ1v) is 12.3. The van der Waals surface area contributed by atoms with E-state index < -0.39 is 11.7 Å². The Labute approximate surface area is 217 Å².